The zero-order valence-electron chi connectivity index (χ0n) is 23.7. The second-order valence-electron chi connectivity index (χ2n) is 12.4. The number of thioether (sulfide) groups is 1. The zero-order chi connectivity index (χ0) is 27.0. The Morgan fingerprint density at radius 3 is 2.27 bits per heavy atom. The van der Waals surface area contributed by atoms with E-state index in [-0.39, 0.29) is 23.0 Å². The van der Waals surface area contributed by atoms with Gasteiger partial charge in [-0.1, -0.05) is 78.6 Å². The van der Waals surface area contributed by atoms with Crippen LogP contribution in [0, 0.1) is 16.7 Å². The van der Waals surface area contributed by atoms with Crippen LogP contribution in [-0.2, 0) is 23.2 Å². The summed E-state index contributed by atoms with van der Waals surface area (Å²) in [5, 5.41) is 21.2. The summed E-state index contributed by atoms with van der Waals surface area (Å²) in [7, 11) is 0. The SMILES string of the molecule is CC(C)c1nc2c(c3c1C(c1ccc(CC#N)cc1)OC31CCCC1)C(O)CC(C)(C)C2.CSC(C)C. The Morgan fingerprint density at radius 1 is 1.11 bits per heavy atom. The number of fused-ring (bicyclic) bond motifs is 4. The molecule has 0 radical (unpaired) electrons. The van der Waals surface area contributed by atoms with Crippen LogP contribution in [-0.4, -0.2) is 21.6 Å². The minimum atomic E-state index is -0.492. The molecule has 1 N–H and O–H groups in total. The van der Waals surface area contributed by atoms with Gasteiger partial charge in [-0.25, -0.2) is 0 Å². The third-order valence-electron chi connectivity index (χ3n) is 8.16. The summed E-state index contributed by atoms with van der Waals surface area (Å²) in [6.07, 6.45) is 7.86. The number of nitrogens with zero attached hydrogens (tertiary/aromatic N) is 2. The van der Waals surface area contributed by atoms with Crippen LogP contribution in [0.3, 0.4) is 0 Å². The molecule has 0 amide bonds. The van der Waals surface area contributed by atoms with E-state index < -0.39 is 6.10 Å². The minimum Gasteiger partial charge on any atom is -0.388 e. The summed E-state index contributed by atoms with van der Waals surface area (Å²) in [6, 6.07) is 10.5. The molecule has 2 aromatic rings. The molecule has 2 atom stereocenters. The van der Waals surface area contributed by atoms with Crippen LogP contribution < -0.4 is 0 Å². The van der Waals surface area contributed by atoms with Gasteiger partial charge in [0.1, 0.15) is 6.10 Å². The zero-order valence-corrected chi connectivity index (χ0v) is 24.5. The van der Waals surface area contributed by atoms with Crippen molar-refractivity contribution in [1.82, 2.24) is 4.98 Å². The lowest BCUT2D eigenvalue weighted by atomic mass is 9.70. The number of nitriles is 1. The molecule has 1 aromatic carbocycles. The van der Waals surface area contributed by atoms with Crippen molar-refractivity contribution in [1.29, 1.82) is 5.26 Å². The van der Waals surface area contributed by atoms with E-state index in [0.29, 0.717) is 6.42 Å². The van der Waals surface area contributed by atoms with Gasteiger partial charge in [0.05, 0.1) is 24.2 Å². The number of aliphatic hydroxyl groups excluding tert-OH is 1. The fraction of sp³-hybridized carbons (Fsp3) is 0.625. The number of rotatable bonds is 4. The molecule has 4 nitrogen and oxygen atoms in total. The van der Waals surface area contributed by atoms with E-state index in [2.05, 4.69) is 66.0 Å². The van der Waals surface area contributed by atoms with E-state index in [9.17, 15) is 5.11 Å². The van der Waals surface area contributed by atoms with Gasteiger partial charge < -0.3 is 9.84 Å². The van der Waals surface area contributed by atoms with Crippen molar-refractivity contribution in [3.63, 3.8) is 0 Å². The lowest BCUT2D eigenvalue weighted by molar-refractivity contribution is -0.0580. The summed E-state index contributed by atoms with van der Waals surface area (Å²) in [6.45, 7) is 13.3. The molecule has 1 saturated carbocycles. The molecule has 2 heterocycles. The van der Waals surface area contributed by atoms with Crippen LogP contribution in [0.4, 0.5) is 0 Å². The standard InChI is InChI=1S/C28H34N2O2.C4H10S/c1-17(2)25-23-24(22-20(30-25)15-27(3,4)16-21(22)31)28(12-5-6-13-28)32-26(23)19-9-7-18(8-10-19)11-14-29;1-4(2)5-3/h7-10,17,21,26,31H,5-6,11-13,15-16H2,1-4H3;4H,1-3H3. The summed E-state index contributed by atoms with van der Waals surface area (Å²) in [5.74, 6) is 0.275. The van der Waals surface area contributed by atoms with E-state index >= 15 is 0 Å². The summed E-state index contributed by atoms with van der Waals surface area (Å²) in [5.41, 5.74) is 7.60. The molecule has 1 aliphatic heterocycles. The Balaban J connectivity index is 0.000000586. The Kier molecular flexibility index (Phi) is 8.43. The maximum absolute atomic E-state index is 11.4. The van der Waals surface area contributed by atoms with Crippen LogP contribution >= 0.6 is 11.8 Å². The monoisotopic (exact) mass is 520 g/mol. The largest absolute Gasteiger partial charge is 0.388 e. The maximum Gasteiger partial charge on any atom is 0.111 e. The number of ether oxygens (including phenoxy) is 1. The predicted molar refractivity (Wildman–Crippen MR) is 153 cm³/mol. The van der Waals surface area contributed by atoms with Gasteiger partial charge in [-0.3, -0.25) is 4.98 Å². The average Bonchev–Trinajstić information content (AvgIpc) is 3.44. The van der Waals surface area contributed by atoms with Crippen LogP contribution in [0.5, 0.6) is 0 Å². The third-order valence-corrected chi connectivity index (χ3v) is 9.11. The molecular formula is C32H44N2O2S. The molecule has 200 valence electrons. The van der Waals surface area contributed by atoms with Crippen LogP contribution in [0.2, 0.25) is 0 Å². The van der Waals surface area contributed by atoms with Crippen molar-refractivity contribution >= 4 is 11.8 Å². The minimum absolute atomic E-state index is 0.0418. The van der Waals surface area contributed by atoms with Gasteiger partial charge in [0, 0.05) is 22.5 Å². The molecule has 5 heteroatoms. The van der Waals surface area contributed by atoms with Crippen LogP contribution in [0.1, 0.15) is 131 Å². The number of aliphatic hydroxyl groups is 1. The first-order valence-electron chi connectivity index (χ1n) is 13.9. The van der Waals surface area contributed by atoms with Gasteiger partial charge in [-0.2, -0.15) is 17.0 Å². The van der Waals surface area contributed by atoms with E-state index in [1.54, 1.807) is 0 Å². The first kappa shape index (κ1) is 28.1. The quantitative estimate of drug-likeness (QED) is 0.443. The molecule has 1 aromatic heterocycles. The summed E-state index contributed by atoms with van der Waals surface area (Å²) < 4.78 is 7.01. The average molecular weight is 521 g/mol. The fourth-order valence-electron chi connectivity index (χ4n) is 6.32. The van der Waals surface area contributed by atoms with E-state index in [1.165, 1.54) is 11.1 Å². The lowest BCUT2D eigenvalue weighted by Gasteiger charge is -2.38. The van der Waals surface area contributed by atoms with Gasteiger partial charge in [0.25, 0.3) is 0 Å². The molecule has 1 spiro atoms. The second-order valence-corrected chi connectivity index (χ2v) is 13.8. The van der Waals surface area contributed by atoms with Crippen molar-refractivity contribution in [3.05, 3.63) is 63.5 Å². The highest BCUT2D eigenvalue weighted by Crippen LogP contribution is 2.59. The number of pyridine rings is 1. The topological polar surface area (TPSA) is 66.1 Å². The predicted octanol–water partition coefficient (Wildman–Crippen LogP) is 7.92. The molecule has 0 bridgehead atoms. The normalized spacial score (nSPS) is 22.9. The van der Waals surface area contributed by atoms with E-state index in [4.69, 9.17) is 15.0 Å². The molecule has 2 aliphatic carbocycles. The number of aromatic nitrogens is 1. The molecule has 2 unspecified atom stereocenters. The molecule has 1 fully saturated rings. The van der Waals surface area contributed by atoms with Gasteiger partial charge in [-0.15, -0.1) is 0 Å². The Labute approximate surface area is 228 Å². The van der Waals surface area contributed by atoms with Gasteiger partial charge in [0.15, 0.2) is 0 Å². The Bertz CT molecular complexity index is 1140. The van der Waals surface area contributed by atoms with Crippen molar-refractivity contribution in [2.75, 3.05) is 6.26 Å². The number of benzene rings is 1. The van der Waals surface area contributed by atoms with Gasteiger partial charge in [0.2, 0.25) is 0 Å². The smallest absolute Gasteiger partial charge is 0.111 e. The van der Waals surface area contributed by atoms with Crippen molar-refractivity contribution in [2.24, 2.45) is 5.41 Å². The van der Waals surface area contributed by atoms with Crippen LogP contribution in [0.15, 0.2) is 24.3 Å². The fourth-order valence-corrected chi connectivity index (χ4v) is 6.32. The summed E-state index contributed by atoms with van der Waals surface area (Å²) in [4.78, 5) is 5.22. The summed E-state index contributed by atoms with van der Waals surface area (Å²) >= 11 is 1.88. The second kappa shape index (κ2) is 11.1. The highest BCUT2D eigenvalue weighted by molar-refractivity contribution is 7.99. The highest BCUT2D eigenvalue weighted by Gasteiger charge is 2.52. The molecular weight excluding hydrogens is 476 g/mol. The van der Waals surface area contributed by atoms with Crippen LogP contribution in [0.25, 0.3) is 0 Å². The van der Waals surface area contributed by atoms with Crippen molar-refractivity contribution < 1.29 is 9.84 Å². The maximum atomic E-state index is 11.4. The van der Waals surface area contributed by atoms with Gasteiger partial charge in [-0.05, 0) is 65.2 Å². The Morgan fingerprint density at radius 2 is 1.73 bits per heavy atom. The molecule has 3 aliphatic rings. The van der Waals surface area contributed by atoms with Crippen molar-refractivity contribution in [2.45, 2.75) is 115 Å². The van der Waals surface area contributed by atoms with E-state index in [0.717, 1.165) is 71.9 Å². The van der Waals surface area contributed by atoms with Crippen molar-refractivity contribution in [3.8, 4) is 6.07 Å². The molecule has 37 heavy (non-hydrogen) atoms. The first-order valence-corrected chi connectivity index (χ1v) is 15.2. The third kappa shape index (κ3) is 5.63. The Hall–Kier alpha value is -1.87. The van der Waals surface area contributed by atoms with Gasteiger partial charge >= 0.3 is 0 Å². The van der Waals surface area contributed by atoms with E-state index in [1.807, 2.05) is 23.9 Å². The first-order chi connectivity index (χ1) is 17.5. The lowest BCUT2D eigenvalue weighted by Crippen LogP contribution is -2.32. The number of hydrogen-bond acceptors (Lipinski definition) is 5. The molecule has 5 rings (SSSR count). The highest BCUT2D eigenvalue weighted by atomic mass is 32.2. The molecule has 0 saturated heterocycles. The number of hydrogen-bond donors (Lipinski definition) is 1.